The first kappa shape index (κ1) is 21.1. The lowest BCUT2D eigenvalue weighted by molar-refractivity contribution is -0.274. The molecule has 0 amide bonds. The topological polar surface area (TPSA) is 53.0 Å². The molecule has 0 aliphatic carbocycles. The summed E-state index contributed by atoms with van der Waals surface area (Å²) in [5.41, 5.74) is 1.65. The fourth-order valence-corrected chi connectivity index (χ4v) is 3.80. The average Bonchev–Trinajstić information content (AvgIpc) is 2.64. The summed E-state index contributed by atoms with van der Waals surface area (Å²) in [5, 5.41) is 9.08. The van der Waals surface area contributed by atoms with E-state index in [1.165, 1.54) is 12.1 Å². The maximum absolute atomic E-state index is 12.7. The molecule has 1 saturated heterocycles. The van der Waals surface area contributed by atoms with Crippen molar-refractivity contribution >= 4 is 5.97 Å². The maximum Gasteiger partial charge on any atom is 0.573 e. The van der Waals surface area contributed by atoms with Gasteiger partial charge in [-0.1, -0.05) is 42.5 Å². The highest BCUT2D eigenvalue weighted by molar-refractivity contribution is 5.69. The van der Waals surface area contributed by atoms with E-state index in [0.29, 0.717) is 25.2 Å². The molecule has 156 valence electrons. The summed E-state index contributed by atoms with van der Waals surface area (Å²) in [4.78, 5) is 15.1. The molecular weight excluding hydrogens is 385 g/mol. The first-order valence-corrected chi connectivity index (χ1v) is 9.33. The molecule has 3 rings (SSSR count). The van der Waals surface area contributed by atoms with Gasteiger partial charge in [0.1, 0.15) is 5.75 Å². The maximum atomic E-state index is 12.7. The standard InChI is InChI=1S/C21H23F3N2O3/c1-15-13-26(11-10-25(15)14-19(27)28)20(16-6-3-2-4-7-16)17-8-5-9-18(12-17)29-21(22,23)24/h2-9,12,15,20H,10-11,13-14H2,1H3,(H,27,28)/t15-,20+/m1/s1. The monoisotopic (exact) mass is 408 g/mol. The predicted molar refractivity (Wildman–Crippen MR) is 102 cm³/mol. The summed E-state index contributed by atoms with van der Waals surface area (Å²) in [6.45, 7) is 3.69. The van der Waals surface area contributed by atoms with Crippen molar-refractivity contribution in [1.29, 1.82) is 0 Å². The van der Waals surface area contributed by atoms with Crippen LogP contribution in [0.3, 0.4) is 0 Å². The number of halogens is 3. The van der Waals surface area contributed by atoms with Crippen molar-refractivity contribution in [3.05, 3.63) is 65.7 Å². The lowest BCUT2D eigenvalue weighted by Gasteiger charge is -2.43. The van der Waals surface area contributed by atoms with Gasteiger partial charge in [-0.2, -0.15) is 0 Å². The number of carbonyl (C=O) groups is 1. The van der Waals surface area contributed by atoms with Gasteiger partial charge >= 0.3 is 12.3 Å². The Morgan fingerprint density at radius 1 is 1.14 bits per heavy atom. The lowest BCUT2D eigenvalue weighted by Crippen LogP contribution is -2.54. The highest BCUT2D eigenvalue weighted by atomic mass is 19.4. The van der Waals surface area contributed by atoms with Crippen LogP contribution in [0.25, 0.3) is 0 Å². The first-order chi connectivity index (χ1) is 13.7. The molecule has 0 radical (unpaired) electrons. The minimum Gasteiger partial charge on any atom is -0.480 e. The quantitative estimate of drug-likeness (QED) is 0.789. The van der Waals surface area contributed by atoms with Crippen LogP contribution in [0.15, 0.2) is 54.6 Å². The molecule has 29 heavy (non-hydrogen) atoms. The molecule has 5 nitrogen and oxygen atoms in total. The third-order valence-electron chi connectivity index (χ3n) is 5.02. The van der Waals surface area contributed by atoms with Gasteiger partial charge in [-0.25, -0.2) is 0 Å². The van der Waals surface area contributed by atoms with Gasteiger partial charge in [0.2, 0.25) is 0 Å². The van der Waals surface area contributed by atoms with Crippen LogP contribution in [0.2, 0.25) is 0 Å². The molecule has 0 unspecified atom stereocenters. The SMILES string of the molecule is C[C@@H]1CN([C@@H](c2ccccc2)c2cccc(OC(F)(F)F)c2)CCN1CC(=O)O. The van der Waals surface area contributed by atoms with Gasteiger partial charge in [-0.05, 0) is 30.2 Å². The van der Waals surface area contributed by atoms with Crippen LogP contribution >= 0.6 is 0 Å². The van der Waals surface area contributed by atoms with Crippen molar-refractivity contribution in [2.45, 2.75) is 25.4 Å². The molecule has 1 aliphatic rings. The Morgan fingerprint density at radius 2 is 1.83 bits per heavy atom. The Bertz CT molecular complexity index is 829. The van der Waals surface area contributed by atoms with Crippen LogP contribution in [-0.4, -0.2) is 59.5 Å². The lowest BCUT2D eigenvalue weighted by atomic mass is 9.95. The fourth-order valence-electron chi connectivity index (χ4n) is 3.80. The Balaban J connectivity index is 1.89. The Kier molecular flexibility index (Phi) is 6.44. The van der Waals surface area contributed by atoms with E-state index < -0.39 is 12.3 Å². The molecule has 8 heteroatoms. The Morgan fingerprint density at radius 3 is 2.45 bits per heavy atom. The van der Waals surface area contributed by atoms with Gasteiger partial charge in [0.25, 0.3) is 0 Å². The van der Waals surface area contributed by atoms with Crippen LogP contribution in [-0.2, 0) is 4.79 Å². The van der Waals surface area contributed by atoms with Gasteiger partial charge in [0, 0.05) is 25.7 Å². The summed E-state index contributed by atoms with van der Waals surface area (Å²) in [6.07, 6.45) is -4.75. The highest BCUT2D eigenvalue weighted by Gasteiger charge is 2.33. The van der Waals surface area contributed by atoms with Crippen molar-refractivity contribution in [3.63, 3.8) is 0 Å². The number of piperazine rings is 1. The van der Waals surface area contributed by atoms with Gasteiger partial charge in [0.05, 0.1) is 12.6 Å². The van der Waals surface area contributed by atoms with Crippen LogP contribution in [0.5, 0.6) is 5.75 Å². The van der Waals surface area contributed by atoms with Crippen molar-refractivity contribution < 1.29 is 27.8 Å². The minimum atomic E-state index is -4.75. The summed E-state index contributed by atoms with van der Waals surface area (Å²) in [7, 11) is 0. The summed E-state index contributed by atoms with van der Waals surface area (Å²) in [6, 6.07) is 15.3. The number of ether oxygens (including phenoxy) is 1. The van der Waals surface area contributed by atoms with Gasteiger partial charge in [-0.3, -0.25) is 14.6 Å². The van der Waals surface area contributed by atoms with E-state index in [0.717, 1.165) is 5.56 Å². The van der Waals surface area contributed by atoms with E-state index in [9.17, 15) is 18.0 Å². The molecule has 0 spiro atoms. The number of aliphatic carboxylic acids is 1. The second kappa shape index (κ2) is 8.84. The molecule has 1 heterocycles. The predicted octanol–water partition coefficient (Wildman–Crippen LogP) is 3.77. The second-order valence-electron chi connectivity index (χ2n) is 7.14. The van der Waals surface area contributed by atoms with Crippen LogP contribution < -0.4 is 4.74 Å². The molecule has 0 aromatic heterocycles. The minimum absolute atomic E-state index is 0.000620. The number of benzene rings is 2. The third kappa shape index (κ3) is 5.71. The normalized spacial score (nSPS) is 19.7. The van der Waals surface area contributed by atoms with E-state index in [1.54, 1.807) is 12.1 Å². The molecular formula is C21H23F3N2O3. The second-order valence-corrected chi connectivity index (χ2v) is 7.14. The molecule has 2 aromatic carbocycles. The molecule has 2 atom stereocenters. The zero-order valence-corrected chi connectivity index (χ0v) is 16.0. The number of carboxylic acid groups (broad SMARTS) is 1. The van der Waals surface area contributed by atoms with E-state index >= 15 is 0 Å². The zero-order chi connectivity index (χ0) is 21.0. The first-order valence-electron chi connectivity index (χ1n) is 9.33. The van der Waals surface area contributed by atoms with Crippen LogP contribution in [0.4, 0.5) is 13.2 Å². The number of rotatable bonds is 6. The number of hydrogen-bond donors (Lipinski definition) is 1. The summed E-state index contributed by atoms with van der Waals surface area (Å²) >= 11 is 0. The number of nitrogens with zero attached hydrogens (tertiary/aromatic N) is 2. The van der Waals surface area contributed by atoms with Gasteiger partial charge in [-0.15, -0.1) is 13.2 Å². The van der Waals surface area contributed by atoms with Crippen LogP contribution in [0, 0.1) is 0 Å². The van der Waals surface area contributed by atoms with E-state index in [1.807, 2.05) is 42.2 Å². The third-order valence-corrected chi connectivity index (χ3v) is 5.02. The number of carboxylic acids is 1. The summed E-state index contributed by atoms with van der Waals surface area (Å²) in [5.74, 6) is -1.13. The molecule has 1 aliphatic heterocycles. The van der Waals surface area contributed by atoms with Gasteiger partial charge < -0.3 is 9.84 Å². The Hall–Kier alpha value is -2.58. The molecule has 1 fully saturated rings. The van der Waals surface area contributed by atoms with Crippen molar-refractivity contribution in [2.75, 3.05) is 26.2 Å². The number of hydrogen-bond acceptors (Lipinski definition) is 4. The largest absolute Gasteiger partial charge is 0.573 e. The Labute approximate surface area is 167 Å². The van der Waals surface area contributed by atoms with Crippen molar-refractivity contribution in [3.8, 4) is 5.75 Å². The molecule has 1 N–H and O–H groups in total. The van der Waals surface area contributed by atoms with E-state index in [4.69, 9.17) is 5.11 Å². The van der Waals surface area contributed by atoms with Gasteiger partial charge in [0.15, 0.2) is 0 Å². The fraction of sp³-hybridized carbons (Fsp3) is 0.381. The van der Waals surface area contributed by atoms with Crippen molar-refractivity contribution in [1.82, 2.24) is 9.80 Å². The van der Waals surface area contributed by atoms with Crippen LogP contribution in [0.1, 0.15) is 24.1 Å². The highest BCUT2D eigenvalue weighted by Crippen LogP contribution is 2.33. The van der Waals surface area contributed by atoms with Crippen molar-refractivity contribution in [2.24, 2.45) is 0 Å². The summed E-state index contributed by atoms with van der Waals surface area (Å²) < 4.78 is 42.1. The van der Waals surface area contributed by atoms with E-state index in [-0.39, 0.29) is 24.4 Å². The van der Waals surface area contributed by atoms with E-state index in [2.05, 4.69) is 9.64 Å². The molecule has 0 saturated carbocycles. The zero-order valence-electron chi connectivity index (χ0n) is 16.0. The molecule has 2 aromatic rings. The smallest absolute Gasteiger partial charge is 0.480 e. The number of alkyl halides is 3. The molecule has 0 bridgehead atoms. The average molecular weight is 408 g/mol.